The molecule has 0 unspecified atom stereocenters. The summed E-state index contributed by atoms with van der Waals surface area (Å²) in [5.74, 6) is 0.469. The molecule has 1 saturated heterocycles. The van der Waals surface area contributed by atoms with Crippen LogP contribution in [0.3, 0.4) is 0 Å². The fraction of sp³-hybridized carbons (Fsp3) is 0.353. The second-order valence-electron chi connectivity index (χ2n) is 6.56. The predicted octanol–water partition coefficient (Wildman–Crippen LogP) is 1.51. The quantitative estimate of drug-likeness (QED) is 0.489. The molecule has 1 fully saturated rings. The molecular formula is C17H19N7O4S. The monoisotopic (exact) mass is 417 g/mol. The summed E-state index contributed by atoms with van der Waals surface area (Å²) in [5.41, 5.74) is 0.948. The van der Waals surface area contributed by atoms with Crippen LogP contribution in [0.1, 0.15) is 16.8 Å². The van der Waals surface area contributed by atoms with E-state index in [0.29, 0.717) is 35.9 Å². The van der Waals surface area contributed by atoms with E-state index in [1.807, 2.05) is 0 Å². The van der Waals surface area contributed by atoms with Crippen LogP contribution in [0.5, 0.6) is 0 Å². The zero-order valence-corrected chi connectivity index (χ0v) is 16.3. The fourth-order valence-electron chi connectivity index (χ4n) is 3.10. The highest BCUT2D eigenvalue weighted by Gasteiger charge is 2.28. The van der Waals surface area contributed by atoms with Crippen molar-refractivity contribution in [2.45, 2.75) is 18.5 Å². The molecule has 2 atom stereocenters. The number of carbonyl (C=O) groups excluding carboxylic acids is 1. The Labute approximate surface area is 169 Å². The zero-order chi connectivity index (χ0) is 20.4. The van der Waals surface area contributed by atoms with Gasteiger partial charge in [-0.05, 0) is 6.42 Å². The molecule has 12 heteroatoms. The SMILES string of the molecule is Cn1ccc(NC(=O)c2csc3cnc(N[C@@H]4CCOC[C@@H]4NC(=O)O)nc23)n1. The van der Waals surface area contributed by atoms with Gasteiger partial charge in [0.1, 0.15) is 0 Å². The minimum atomic E-state index is -1.12. The zero-order valence-electron chi connectivity index (χ0n) is 15.5. The van der Waals surface area contributed by atoms with Crippen molar-refractivity contribution in [3.63, 3.8) is 0 Å². The van der Waals surface area contributed by atoms with Crippen molar-refractivity contribution in [2.75, 3.05) is 23.8 Å². The number of amides is 2. The van der Waals surface area contributed by atoms with Gasteiger partial charge in [0.2, 0.25) is 5.95 Å². The van der Waals surface area contributed by atoms with Crippen molar-refractivity contribution in [2.24, 2.45) is 7.05 Å². The van der Waals surface area contributed by atoms with Crippen molar-refractivity contribution >= 4 is 45.3 Å². The molecule has 0 saturated carbocycles. The predicted molar refractivity (Wildman–Crippen MR) is 106 cm³/mol. The number of thiophene rings is 1. The molecule has 152 valence electrons. The van der Waals surface area contributed by atoms with Gasteiger partial charge < -0.3 is 25.8 Å². The van der Waals surface area contributed by atoms with Gasteiger partial charge in [0.25, 0.3) is 5.91 Å². The lowest BCUT2D eigenvalue weighted by Crippen LogP contribution is -2.52. The lowest BCUT2D eigenvalue weighted by atomic mass is 10.0. The maximum absolute atomic E-state index is 12.6. The van der Waals surface area contributed by atoms with Crippen LogP contribution >= 0.6 is 11.3 Å². The van der Waals surface area contributed by atoms with Gasteiger partial charge >= 0.3 is 6.09 Å². The topological polar surface area (TPSA) is 143 Å². The number of nitrogens with zero attached hydrogens (tertiary/aromatic N) is 4. The van der Waals surface area contributed by atoms with E-state index in [-0.39, 0.29) is 18.6 Å². The van der Waals surface area contributed by atoms with E-state index in [1.54, 1.807) is 35.6 Å². The fourth-order valence-corrected chi connectivity index (χ4v) is 3.95. The number of hydrogen-bond donors (Lipinski definition) is 4. The van der Waals surface area contributed by atoms with Crippen LogP contribution in [0.2, 0.25) is 0 Å². The number of anilines is 2. The molecule has 11 nitrogen and oxygen atoms in total. The molecule has 0 aromatic carbocycles. The van der Waals surface area contributed by atoms with Crippen molar-refractivity contribution in [3.05, 3.63) is 29.4 Å². The molecule has 3 aromatic heterocycles. The first-order valence-corrected chi connectivity index (χ1v) is 9.76. The van der Waals surface area contributed by atoms with Gasteiger partial charge in [-0.1, -0.05) is 0 Å². The number of carbonyl (C=O) groups is 2. The van der Waals surface area contributed by atoms with E-state index in [4.69, 9.17) is 9.84 Å². The van der Waals surface area contributed by atoms with Crippen LogP contribution in [0.25, 0.3) is 10.2 Å². The Morgan fingerprint density at radius 1 is 1.38 bits per heavy atom. The lowest BCUT2D eigenvalue weighted by Gasteiger charge is -2.31. The van der Waals surface area contributed by atoms with Crippen molar-refractivity contribution in [1.82, 2.24) is 25.1 Å². The maximum Gasteiger partial charge on any atom is 0.405 e. The minimum Gasteiger partial charge on any atom is -0.465 e. The second kappa shape index (κ2) is 8.01. The van der Waals surface area contributed by atoms with Crippen molar-refractivity contribution in [1.29, 1.82) is 0 Å². The molecule has 1 aliphatic heterocycles. The van der Waals surface area contributed by atoms with Gasteiger partial charge in [0.15, 0.2) is 5.82 Å². The largest absolute Gasteiger partial charge is 0.465 e. The maximum atomic E-state index is 12.6. The summed E-state index contributed by atoms with van der Waals surface area (Å²) in [6, 6.07) is 1.06. The average molecular weight is 417 g/mol. The summed E-state index contributed by atoms with van der Waals surface area (Å²) in [4.78, 5) is 32.4. The van der Waals surface area contributed by atoms with Crippen LogP contribution in [-0.2, 0) is 11.8 Å². The average Bonchev–Trinajstić information content (AvgIpc) is 3.28. The Hall–Kier alpha value is -3.25. The molecule has 4 rings (SSSR count). The third kappa shape index (κ3) is 4.27. The van der Waals surface area contributed by atoms with E-state index in [0.717, 1.165) is 4.70 Å². The molecule has 4 N–H and O–H groups in total. The standard InChI is InChI=1S/C17H19N7O4S/c1-24-4-2-13(23-24)21-15(25)9-8-29-12-6-18-16(22-14(9)12)19-10-3-5-28-7-11(10)20-17(26)27/h2,4,6,8,10-11,20H,3,5,7H2,1H3,(H,26,27)(H,18,19,22)(H,21,23,25)/t10-,11+/m1/s1. The number of aryl methyl sites for hydroxylation is 1. The highest BCUT2D eigenvalue weighted by molar-refractivity contribution is 7.17. The number of nitrogens with one attached hydrogen (secondary N) is 3. The van der Waals surface area contributed by atoms with Gasteiger partial charge in [0.05, 0.1) is 40.7 Å². The number of fused-ring (bicyclic) bond motifs is 1. The smallest absolute Gasteiger partial charge is 0.405 e. The van der Waals surface area contributed by atoms with E-state index in [9.17, 15) is 9.59 Å². The molecule has 0 bridgehead atoms. The highest BCUT2D eigenvalue weighted by atomic mass is 32.1. The lowest BCUT2D eigenvalue weighted by molar-refractivity contribution is 0.0625. The number of carboxylic acid groups (broad SMARTS) is 1. The summed E-state index contributed by atoms with van der Waals surface area (Å²) in [6.07, 6.45) is 2.87. The Bertz CT molecular complexity index is 1050. The van der Waals surface area contributed by atoms with Crippen LogP contribution < -0.4 is 16.0 Å². The van der Waals surface area contributed by atoms with Gasteiger partial charge in [-0.3, -0.25) is 9.48 Å². The Morgan fingerprint density at radius 2 is 2.24 bits per heavy atom. The third-order valence-corrected chi connectivity index (χ3v) is 5.40. The summed E-state index contributed by atoms with van der Waals surface area (Å²) < 4.78 is 7.72. The van der Waals surface area contributed by atoms with E-state index in [1.165, 1.54) is 11.3 Å². The first kappa shape index (κ1) is 19.1. The second-order valence-corrected chi connectivity index (χ2v) is 7.47. The normalized spacial score (nSPS) is 19.1. The Kier molecular flexibility index (Phi) is 5.27. The van der Waals surface area contributed by atoms with Crippen LogP contribution in [-0.4, -0.2) is 62.2 Å². The molecule has 3 aromatic rings. The summed E-state index contributed by atoms with van der Waals surface area (Å²) in [7, 11) is 1.77. The van der Waals surface area contributed by atoms with Crippen LogP contribution in [0.4, 0.5) is 16.6 Å². The number of aromatic nitrogens is 4. The molecule has 0 radical (unpaired) electrons. The van der Waals surface area contributed by atoms with Gasteiger partial charge in [-0.2, -0.15) is 5.10 Å². The molecule has 2 amide bonds. The molecule has 1 aliphatic rings. The number of rotatable bonds is 5. The summed E-state index contributed by atoms with van der Waals surface area (Å²) >= 11 is 1.37. The van der Waals surface area contributed by atoms with Gasteiger partial charge in [-0.25, -0.2) is 14.8 Å². The minimum absolute atomic E-state index is 0.221. The van der Waals surface area contributed by atoms with Crippen LogP contribution in [0.15, 0.2) is 23.8 Å². The van der Waals surface area contributed by atoms with E-state index < -0.39 is 12.1 Å². The van der Waals surface area contributed by atoms with Crippen molar-refractivity contribution in [3.8, 4) is 0 Å². The third-order valence-electron chi connectivity index (χ3n) is 4.49. The summed E-state index contributed by atoms with van der Waals surface area (Å²) in [6.45, 7) is 0.774. The number of ether oxygens (including phenoxy) is 1. The molecular weight excluding hydrogens is 398 g/mol. The first-order chi connectivity index (χ1) is 14.0. The highest BCUT2D eigenvalue weighted by Crippen LogP contribution is 2.26. The van der Waals surface area contributed by atoms with Crippen LogP contribution in [0, 0.1) is 0 Å². The van der Waals surface area contributed by atoms with E-state index in [2.05, 4.69) is 31.0 Å². The Balaban J connectivity index is 1.54. The summed E-state index contributed by atoms with van der Waals surface area (Å²) in [5, 5.41) is 23.2. The number of hydrogen-bond acceptors (Lipinski definition) is 8. The molecule has 0 spiro atoms. The molecule has 29 heavy (non-hydrogen) atoms. The van der Waals surface area contributed by atoms with Crippen molar-refractivity contribution < 1.29 is 19.4 Å². The molecule has 4 heterocycles. The Morgan fingerprint density at radius 3 is 3.00 bits per heavy atom. The van der Waals surface area contributed by atoms with Gasteiger partial charge in [-0.15, -0.1) is 11.3 Å². The molecule has 0 aliphatic carbocycles. The first-order valence-electron chi connectivity index (χ1n) is 8.88. The van der Waals surface area contributed by atoms with E-state index >= 15 is 0 Å². The van der Waals surface area contributed by atoms with Gasteiger partial charge in [0, 0.05) is 31.3 Å².